The van der Waals surface area contributed by atoms with E-state index in [-0.39, 0.29) is 5.91 Å². The summed E-state index contributed by atoms with van der Waals surface area (Å²) in [6.45, 7) is 0.828. The molecule has 0 unspecified atom stereocenters. The van der Waals surface area contributed by atoms with Gasteiger partial charge in [0.25, 0.3) is 0 Å². The van der Waals surface area contributed by atoms with Crippen molar-refractivity contribution >= 4 is 5.91 Å². The summed E-state index contributed by atoms with van der Waals surface area (Å²) >= 11 is 0. The lowest BCUT2D eigenvalue weighted by atomic mass is 10.3. The molecular weight excluding hydrogens is 166 g/mol. The lowest BCUT2D eigenvalue weighted by molar-refractivity contribution is -0.120. The Balaban J connectivity index is 2.31. The number of amides is 1. The Morgan fingerprint density at radius 2 is 2.38 bits per heavy atom. The summed E-state index contributed by atoms with van der Waals surface area (Å²) in [6.07, 6.45) is 1.71. The highest BCUT2D eigenvalue weighted by atomic mass is 16.1. The number of nitrogens with one attached hydrogen (secondary N) is 2. The molecule has 1 heterocycles. The molecule has 0 bridgehead atoms. The smallest absolute Gasteiger partial charge is 0.234 e. The Kier molecular flexibility index (Phi) is 3.92. The predicted molar refractivity (Wildman–Crippen MR) is 50.0 cm³/mol. The molecule has 2 N–H and O–H groups in total. The first-order valence-corrected chi connectivity index (χ1v) is 4.14. The van der Waals surface area contributed by atoms with Crippen molar-refractivity contribution in [2.24, 2.45) is 0 Å². The molecule has 1 aromatic heterocycles. The summed E-state index contributed by atoms with van der Waals surface area (Å²) < 4.78 is 0. The van der Waals surface area contributed by atoms with Crippen molar-refractivity contribution in [1.29, 1.82) is 0 Å². The Labute approximate surface area is 77.4 Å². The van der Waals surface area contributed by atoms with Crippen LogP contribution in [0.5, 0.6) is 0 Å². The summed E-state index contributed by atoms with van der Waals surface area (Å²) in [5, 5.41) is 5.51. The van der Waals surface area contributed by atoms with E-state index < -0.39 is 0 Å². The van der Waals surface area contributed by atoms with E-state index in [4.69, 9.17) is 0 Å². The van der Waals surface area contributed by atoms with Crippen LogP contribution in [0.25, 0.3) is 0 Å². The molecule has 4 nitrogen and oxygen atoms in total. The molecule has 70 valence electrons. The van der Waals surface area contributed by atoms with Crippen LogP contribution >= 0.6 is 0 Å². The molecule has 1 rings (SSSR count). The fourth-order valence-corrected chi connectivity index (χ4v) is 0.915. The molecule has 4 heteroatoms. The van der Waals surface area contributed by atoms with Gasteiger partial charge in [-0.25, -0.2) is 0 Å². The normalized spacial score (nSPS) is 9.62. The summed E-state index contributed by atoms with van der Waals surface area (Å²) in [5.41, 5.74) is 0.868. The van der Waals surface area contributed by atoms with Gasteiger partial charge >= 0.3 is 0 Å². The van der Waals surface area contributed by atoms with Gasteiger partial charge in [-0.2, -0.15) is 0 Å². The van der Waals surface area contributed by atoms with Crippen molar-refractivity contribution in [3.63, 3.8) is 0 Å². The van der Waals surface area contributed by atoms with Gasteiger partial charge in [0, 0.05) is 6.20 Å². The molecule has 0 saturated heterocycles. The Bertz CT molecular complexity index is 261. The monoisotopic (exact) mass is 179 g/mol. The molecule has 13 heavy (non-hydrogen) atoms. The second-order valence-electron chi connectivity index (χ2n) is 2.63. The summed E-state index contributed by atoms with van der Waals surface area (Å²) in [6, 6.07) is 5.62. The second kappa shape index (κ2) is 5.27. The van der Waals surface area contributed by atoms with E-state index in [1.54, 1.807) is 13.2 Å². The van der Waals surface area contributed by atoms with Gasteiger partial charge in [0.05, 0.1) is 18.8 Å². The van der Waals surface area contributed by atoms with Crippen molar-refractivity contribution in [3.8, 4) is 0 Å². The van der Waals surface area contributed by atoms with Crippen molar-refractivity contribution in [1.82, 2.24) is 15.6 Å². The van der Waals surface area contributed by atoms with Crippen LogP contribution in [0, 0.1) is 0 Å². The SMILES string of the molecule is CNCC(=O)NCc1ccccn1. The number of hydrogen-bond acceptors (Lipinski definition) is 3. The number of rotatable bonds is 4. The molecule has 1 amide bonds. The van der Waals surface area contributed by atoms with E-state index in [1.165, 1.54) is 0 Å². The highest BCUT2D eigenvalue weighted by molar-refractivity contribution is 5.77. The van der Waals surface area contributed by atoms with Crippen LogP contribution in [-0.4, -0.2) is 24.5 Å². The average molecular weight is 179 g/mol. The van der Waals surface area contributed by atoms with E-state index in [9.17, 15) is 4.79 Å². The summed E-state index contributed by atoms with van der Waals surface area (Å²) in [4.78, 5) is 15.1. The molecule has 0 aliphatic heterocycles. The number of pyridine rings is 1. The van der Waals surface area contributed by atoms with Gasteiger partial charge < -0.3 is 10.6 Å². The van der Waals surface area contributed by atoms with Crippen molar-refractivity contribution in [2.75, 3.05) is 13.6 Å². The van der Waals surface area contributed by atoms with Crippen LogP contribution < -0.4 is 10.6 Å². The van der Waals surface area contributed by atoms with E-state index in [0.717, 1.165) is 5.69 Å². The maximum absolute atomic E-state index is 11.0. The maximum Gasteiger partial charge on any atom is 0.234 e. The van der Waals surface area contributed by atoms with Crippen LogP contribution in [0.4, 0.5) is 0 Å². The molecule has 0 aliphatic rings. The number of hydrogen-bond donors (Lipinski definition) is 2. The predicted octanol–water partition coefficient (Wildman–Crippen LogP) is -0.0828. The zero-order chi connectivity index (χ0) is 9.52. The molecule has 0 fully saturated rings. The van der Waals surface area contributed by atoms with Gasteiger partial charge in [0.1, 0.15) is 0 Å². The van der Waals surface area contributed by atoms with Crippen LogP contribution in [0.1, 0.15) is 5.69 Å². The van der Waals surface area contributed by atoms with E-state index >= 15 is 0 Å². The van der Waals surface area contributed by atoms with E-state index in [2.05, 4.69) is 15.6 Å². The maximum atomic E-state index is 11.0. The topological polar surface area (TPSA) is 54.0 Å². The average Bonchev–Trinajstić information content (AvgIpc) is 2.17. The van der Waals surface area contributed by atoms with Gasteiger partial charge in [0.2, 0.25) is 5.91 Å². The molecule has 0 aromatic carbocycles. The number of likely N-dealkylation sites (N-methyl/N-ethyl adjacent to an activating group) is 1. The summed E-state index contributed by atoms with van der Waals surface area (Å²) in [5.74, 6) is -0.0202. The number of nitrogens with zero attached hydrogens (tertiary/aromatic N) is 1. The van der Waals surface area contributed by atoms with E-state index in [0.29, 0.717) is 13.1 Å². The van der Waals surface area contributed by atoms with Crippen LogP contribution in [0.2, 0.25) is 0 Å². The number of aromatic nitrogens is 1. The minimum absolute atomic E-state index is 0.0202. The highest BCUT2D eigenvalue weighted by Gasteiger charge is 1.98. The molecule has 0 radical (unpaired) electrons. The zero-order valence-corrected chi connectivity index (χ0v) is 7.58. The number of carbonyl (C=O) groups excluding carboxylic acids is 1. The molecule has 0 atom stereocenters. The Morgan fingerprint density at radius 3 is 3.00 bits per heavy atom. The molecule has 0 saturated carbocycles. The van der Waals surface area contributed by atoms with E-state index in [1.807, 2.05) is 18.2 Å². The second-order valence-corrected chi connectivity index (χ2v) is 2.63. The third-order valence-corrected chi connectivity index (χ3v) is 1.53. The lowest BCUT2D eigenvalue weighted by Crippen LogP contribution is -2.31. The minimum atomic E-state index is -0.0202. The minimum Gasteiger partial charge on any atom is -0.349 e. The fraction of sp³-hybridized carbons (Fsp3) is 0.333. The highest BCUT2D eigenvalue weighted by Crippen LogP contribution is 1.91. The lowest BCUT2D eigenvalue weighted by Gasteiger charge is -2.03. The number of carbonyl (C=O) groups is 1. The molecular formula is C9H13N3O. The van der Waals surface area contributed by atoms with Gasteiger partial charge in [-0.05, 0) is 19.2 Å². The molecule has 0 spiro atoms. The van der Waals surface area contributed by atoms with Crippen molar-refractivity contribution < 1.29 is 4.79 Å². The van der Waals surface area contributed by atoms with Crippen LogP contribution in [-0.2, 0) is 11.3 Å². The molecule has 0 aliphatic carbocycles. The summed E-state index contributed by atoms with van der Waals surface area (Å²) in [7, 11) is 1.74. The Hall–Kier alpha value is -1.42. The standard InChI is InChI=1S/C9H13N3O/c1-10-7-9(13)12-6-8-4-2-3-5-11-8/h2-5,10H,6-7H2,1H3,(H,12,13). The van der Waals surface area contributed by atoms with Gasteiger partial charge in [0.15, 0.2) is 0 Å². The van der Waals surface area contributed by atoms with Crippen molar-refractivity contribution in [2.45, 2.75) is 6.54 Å². The Morgan fingerprint density at radius 1 is 1.54 bits per heavy atom. The van der Waals surface area contributed by atoms with Gasteiger partial charge in [-0.1, -0.05) is 6.07 Å². The first-order valence-electron chi connectivity index (χ1n) is 4.14. The first-order chi connectivity index (χ1) is 6.33. The largest absolute Gasteiger partial charge is 0.349 e. The van der Waals surface area contributed by atoms with Crippen LogP contribution in [0.3, 0.4) is 0 Å². The third-order valence-electron chi connectivity index (χ3n) is 1.53. The first kappa shape index (κ1) is 9.67. The van der Waals surface area contributed by atoms with Gasteiger partial charge in [-0.15, -0.1) is 0 Å². The third kappa shape index (κ3) is 3.66. The van der Waals surface area contributed by atoms with Crippen LogP contribution in [0.15, 0.2) is 24.4 Å². The molecule has 1 aromatic rings. The quantitative estimate of drug-likeness (QED) is 0.679. The fourth-order valence-electron chi connectivity index (χ4n) is 0.915. The zero-order valence-electron chi connectivity index (χ0n) is 7.58. The van der Waals surface area contributed by atoms with Gasteiger partial charge in [-0.3, -0.25) is 9.78 Å². The van der Waals surface area contributed by atoms with Crippen molar-refractivity contribution in [3.05, 3.63) is 30.1 Å².